The predicted molar refractivity (Wildman–Crippen MR) is 117 cm³/mol. The monoisotopic (exact) mass is 468 g/mol. The number of hydrogen-bond donors (Lipinski definition) is 1. The maximum Gasteiger partial charge on any atom is 0.414 e. The van der Waals surface area contributed by atoms with Gasteiger partial charge in [-0.1, -0.05) is 11.2 Å². The number of hydrogen-bond acceptors (Lipinski definition) is 8. The zero-order valence-electron chi connectivity index (χ0n) is 17.7. The van der Waals surface area contributed by atoms with Crippen molar-refractivity contribution in [2.45, 2.75) is 29.7 Å². The number of cyclic esters (lactones) is 1. The summed E-state index contributed by atoms with van der Waals surface area (Å²) in [7, 11) is -2.68. The average Bonchev–Trinajstić information content (AvgIpc) is 3.28. The van der Waals surface area contributed by atoms with Gasteiger partial charge in [0.15, 0.2) is 17.3 Å². The van der Waals surface area contributed by atoms with Gasteiger partial charge in [0.1, 0.15) is 6.61 Å². The van der Waals surface area contributed by atoms with Gasteiger partial charge in [0.2, 0.25) is 5.03 Å². The molecule has 3 aliphatic rings. The Balaban J connectivity index is 1.41. The molecule has 2 aliphatic carbocycles. The second-order valence-electron chi connectivity index (χ2n) is 8.41. The lowest BCUT2D eigenvalue weighted by Gasteiger charge is -2.26. The number of benzene rings is 1. The van der Waals surface area contributed by atoms with E-state index < -0.39 is 10.0 Å². The number of nitrogens with zero attached hydrogens (tertiary/aromatic N) is 3. The lowest BCUT2D eigenvalue weighted by molar-refractivity contribution is 0.181. The summed E-state index contributed by atoms with van der Waals surface area (Å²) in [5.74, 6) is 0.775. The summed E-state index contributed by atoms with van der Waals surface area (Å²) in [6, 6.07) is 8.96. The van der Waals surface area contributed by atoms with Crippen molar-refractivity contribution in [3.05, 3.63) is 47.7 Å². The van der Waals surface area contributed by atoms with E-state index in [9.17, 15) is 13.2 Å². The molecule has 10 nitrogen and oxygen atoms in total. The van der Waals surface area contributed by atoms with Crippen LogP contribution >= 0.6 is 0 Å². The fourth-order valence-corrected chi connectivity index (χ4v) is 5.81. The molecule has 1 aromatic carbocycles. The van der Waals surface area contributed by atoms with E-state index >= 15 is 0 Å². The molecule has 6 rings (SSSR count). The third-order valence-electron chi connectivity index (χ3n) is 6.49. The van der Waals surface area contributed by atoms with Crippen molar-refractivity contribution in [3.8, 4) is 17.1 Å². The van der Waals surface area contributed by atoms with Gasteiger partial charge in [-0.05, 0) is 49.1 Å². The first-order valence-corrected chi connectivity index (χ1v) is 12.0. The maximum absolute atomic E-state index is 13.1. The number of carbonyl (C=O) groups excluding carboxylic acids is 1. The molecule has 0 unspecified atom stereocenters. The Bertz CT molecular complexity index is 1400. The lowest BCUT2D eigenvalue weighted by Crippen LogP contribution is -2.24. The molecule has 2 aromatic heterocycles. The minimum Gasteiger partial charge on any atom is -0.494 e. The Hall–Kier alpha value is -3.60. The summed E-state index contributed by atoms with van der Waals surface area (Å²) in [5, 5.41) is 3.83. The van der Waals surface area contributed by atoms with Gasteiger partial charge in [0.05, 0.1) is 13.7 Å². The van der Waals surface area contributed by atoms with Crippen molar-refractivity contribution in [2.75, 3.05) is 29.9 Å². The van der Waals surface area contributed by atoms with Crippen LogP contribution in [0.4, 0.5) is 16.3 Å². The first-order valence-electron chi connectivity index (χ1n) is 10.5. The maximum atomic E-state index is 13.1. The minimum atomic E-state index is -4.06. The smallest absolute Gasteiger partial charge is 0.414 e. The van der Waals surface area contributed by atoms with E-state index in [1.165, 1.54) is 19.4 Å². The Morgan fingerprint density at radius 1 is 1.24 bits per heavy atom. The zero-order valence-corrected chi connectivity index (χ0v) is 18.5. The molecule has 11 heteroatoms. The molecule has 3 aromatic rings. The molecule has 2 fully saturated rings. The van der Waals surface area contributed by atoms with Gasteiger partial charge in [-0.25, -0.2) is 9.78 Å². The molecule has 0 radical (unpaired) electrons. The lowest BCUT2D eigenvalue weighted by atomic mass is 9.79. The highest BCUT2D eigenvalue weighted by molar-refractivity contribution is 7.92. The number of amides is 1. The van der Waals surface area contributed by atoms with Gasteiger partial charge in [-0.15, -0.1) is 0 Å². The number of rotatable bonds is 5. The number of pyridine rings is 1. The van der Waals surface area contributed by atoms with Crippen LogP contribution in [-0.2, 0) is 26.6 Å². The number of aromatic nitrogens is 2. The summed E-state index contributed by atoms with van der Waals surface area (Å²) in [6.45, 7) is 0.819. The minimum absolute atomic E-state index is 0.0825. The molecule has 1 saturated carbocycles. The van der Waals surface area contributed by atoms with E-state index in [0.29, 0.717) is 36.6 Å². The topological polar surface area (TPSA) is 124 Å². The number of sulfonamides is 1. The van der Waals surface area contributed by atoms with Crippen LogP contribution < -0.4 is 14.4 Å². The van der Waals surface area contributed by atoms with Crippen molar-refractivity contribution in [3.63, 3.8) is 0 Å². The number of carbonyl (C=O) groups is 1. The molecule has 1 amide bonds. The van der Waals surface area contributed by atoms with Crippen LogP contribution in [-0.4, -0.2) is 44.9 Å². The van der Waals surface area contributed by atoms with Crippen molar-refractivity contribution >= 4 is 27.6 Å². The van der Waals surface area contributed by atoms with Gasteiger partial charge in [-0.3, -0.25) is 9.62 Å². The SMILES string of the molecule is COc1cccnc1S(=O)(=O)Nc1noc2c1CC1(CC1)c1ccc(N3CCOC3=O)cc1-2. The standard InChI is InChI=1S/C22H20N4O6S/c1-30-17-3-2-8-23-20(17)33(28,29)25-19-15-12-22(6-7-22)16-5-4-13(26-9-10-31-21(26)27)11-14(16)18(15)32-24-19/h2-5,8,11H,6-7,9-10,12H2,1H3,(H,24,25). The van der Waals surface area contributed by atoms with Gasteiger partial charge < -0.3 is 14.0 Å². The summed E-state index contributed by atoms with van der Waals surface area (Å²) in [5.41, 5.74) is 3.26. The molecule has 1 saturated heterocycles. The van der Waals surface area contributed by atoms with Gasteiger partial charge in [0, 0.05) is 28.4 Å². The van der Waals surface area contributed by atoms with E-state index in [-0.39, 0.29) is 28.1 Å². The Morgan fingerprint density at radius 3 is 2.82 bits per heavy atom. The second-order valence-corrected chi connectivity index (χ2v) is 10.0. The molecule has 0 bridgehead atoms. The third-order valence-corrected chi connectivity index (χ3v) is 7.77. The van der Waals surface area contributed by atoms with Crippen LogP contribution in [0.3, 0.4) is 0 Å². The van der Waals surface area contributed by atoms with E-state index in [1.54, 1.807) is 11.0 Å². The van der Waals surface area contributed by atoms with Crippen molar-refractivity contribution in [1.29, 1.82) is 0 Å². The molecule has 0 atom stereocenters. The zero-order chi connectivity index (χ0) is 22.8. The summed E-state index contributed by atoms with van der Waals surface area (Å²) in [4.78, 5) is 17.6. The molecule has 1 aliphatic heterocycles. The van der Waals surface area contributed by atoms with Gasteiger partial charge in [0.25, 0.3) is 10.0 Å². The van der Waals surface area contributed by atoms with E-state index in [2.05, 4.69) is 14.9 Å². The van der Waals surface area contributed by atoms with Gasteiger partial charge in [-0.2, -0.15) is 8.42 Å². The summed E-state index contributed by atoms with van der Waals surface area (Å²) >= 11 is 0. The van der Waals surface area contributed by atoms with Crippen molar-refractivity contribution < 1.29 is 27.2 Å². The van der Waals surface area contributed by atoms with E-state index in [1.807, 2.05) is 18.2 Å². The molecule has 33 heavy (non-hydrogen) atoms. The fraction of sp³-hybridized carbons (Fsp3) is 0.318. The Kier molecular flexibility index (Phi) is 4.22. The second kappa shape index (κ2) is 6.95. The normalized spacial score (nSPS) is 18.0. The highest BCUT2D eigenvalue weighted by atomic mass is 32.2. The summed E-state index contributed by atoms with van der Waals surface area (Å²) < 4.78 is 44.5. The third kappa shape index (κ3) is 3.06. The fourth-order valence-electron chi connectivity index (χ4n) is 4.68. The van der Waals surface area contributed by atoms with E-state index in [0.717, 1.165) is 24.0 Å². The molecule has 1 N–H and O–H groups in total. The van der Waals surface area contributed by atoms with Crippen LogP contribution in [0.15, 0.2) is 46.1 Å². The molecule has 3 heterocycles. The van der Waals surface area contributed by atoms with Crippen molar-refractivity contribution in [2.24, 2.45) is 0 Å². The van der Waals surface area contributed by atoms with Crippen LogP contribution in [0.1, 0.15) is 24.0 Å². The molecule has 1 spiro atoms. The number of nitrogens with one attached hydrogen (secondary N) is 1. The Morgan fingerprint density at radius 2 is 2.09 bits per heavy atom. The number of ether oxygens (including phenoxy) is 2. The van der Waals surface area contributed by atoms with Crippen molar-refractivity contribution in [1.82, 2.24) is 10.1 Å². The number of methoxy groups -OCH3 is 1. The first kappa shape index (κ1) is 20.0. The number of anilines is 2. The number of fused-ring (bicyclic) bond motifs is 4. The van der Waals surface area contributed by atoms with Gasteiger partial charge >= 0.3 is 6.09 Å². The first-order chi connectivity index (χ1) is 15.9. The van der Waals surface area contributed by atoms with Crippen LogP contribution in [0.5, 0.6) is 5.75 Å². The van der Waals surface area contributed by atoms with E-state index in [4.69, 9.17) is 14.0 Å². The predicted octanol–water partition coefficient (Wildman–Crippen LogP) is 3.09. The van der Waals surface area contributed by atoms with Crippen LogP contribution in [0.2, 0.25) is 0 Å². The average molecular weight is 468 g/mol. The van der Waals surface area contributed by atoms with Crippen LogP contribution in [0, 0.1) is 0 Å². The van der Waals surface area contributed by atoms with Crippen LogP contribution in [0.25, 0.3) is 11.3 Å². The quantitative estimate of drug-likeness (QED) is 0.606. The molecule has 170 valence electrons. The molecular weight excluding hydrogens is 448 g/mol. The molecular formula is C22H20N4O6S. The Labute approximate surface area is 189 Å². The highest BCUT2D eigenvalue weighted by Gasteiger charge is 2.51. The largest absolute Gasteiger partial charge is 0.494 e. The highest BCUT2D eigenvalue weighted by Crippen LogP contribution is 2.58. The summed E-state index contributed by atoms with van der Waals surface area (Å²) in [6.07, 6.45) is 3.57.